The maximum absolute atomic E-state index is 13.1. The van der Waals surface area contributed by atoms with Gasteiger partial charge in [0.1, 0.15) is 11.6 Å². The smallest absolute Gasteiger partial charge is 0.246 e. The zero-order valence-electron chi connectivity index (χ0n) is 13.4. The van der Waals surface area contributed by atoms with Crippen molar-refractivity contribution in [3.05, 3.63) is 0 Å². The molecule has 1 saturated heterocycles. The van der Waals surface area contributed by atoms with Crippen molar-refractivity contribution in [1.29, 1.82) is 0 Å². The van der Waals surface area contributed by atoms with Crippen LogP contribution >= 0.6 is 0 Å². The molecule has 2 unspecified atom stereocenters. The van der Waals surface area contributed by atoms with Crippen LogP contribution < -0.4 is 5.32 Å². The summed E-state index contributed by atoms with van der Waals surface area (Å²) in [6.07, 6.45) is 9.19. The van der Waals surface area contributed by atoms with E-state index in [0.29, 0.717) is 5.92 Å². The van der Waals surface area contributed by atoms with Crippen LogP contribution in [0.2, 0.25) is 0 Å². The number of hydrogen-bond acceptors (Lipinski definition) is 2. The molecule has 0 radical (unpaired) electrons. The van der Waals surface area contributed by atoms with Gasteiger partial charge in [0.05, 0.1) is 0 Å². The average molecular weight is 292 g/mol. The van der Waals surface area contributed by atoms with E-state index in [2.05, 4.69) is 19.2 Å². The third kappa shape index (κ3) is 2.47. The molecule has 3 fully saturated rings. The molecule has 3 aliphatic rings. The van der Waals surface area contributed by atoms with Gasteiger partial charge in [-0.1, -0.05) is 32.6 Å². The largest absolute Gasteiger partial charge is 0.342 e. The average Bonchev–Trinajstić information content (AvgIpc) is 3.29. The molecule has 1 spiro atoms. The van der Waals surface area contributed by atoms with Gasteiger partial charge in [0.25, 0.3) is 0 Å². The van der Waals surface area contributed by atoms with Crippen LogP contribution in [0.3, 0.4) is 0 Å². The summed E-state index contributed by atoms with van der Waals surface area (Å²) in [7, 11) is 0. The molecule has 1 N–H and O–H groups in total. The van der Waals surface area contributed by atoms with E-state index >= 15 is 0 Å². The number of carbonyl (C=O) groups is 2. The van der Waals surface area contributed by atoms with Crippen molar-refractivity contribution < 1.29 is 9.59 Å². The molecule has 2 saturated carbocycles. The number of piperazine rings is 1. The second-order valence-electron chi connectivity index (χ2n) is 7.23. The minimum absolute atomic E-state index is 0.127. The maximum atomic E-state index is 13.1. The standard InChI is InChI=1S/C17H28N2O2/c1-3-7-12(2)19-15(20)14(13-8-9-13)18-16(21)17(19)10-5-4-6-11-17/h12-14H,3-11H2,1-2H3,(H,18,21). The highest BCUT2D eigenvalue weighted by molar-refractivity contribution is 6.00. The lowest BCUT2D eigenvalue weighted by molar-refractivity contribution is -0.164. The Bertz CT molecular complexity index is 425. The second kappa shape index (κ2) is 5.62. The van der Waals surface area contributed by atoms with E-state index in [9.17, 15) is 9.59 Å². The minimum Gasteiger partial charge on any atom is -0.342 e. The summed E-state index contributed by atoms with van der Waals surface area (Å²) in [6, 6.07) is -0.0720. The van der Waals surface area contributed by atoms with Crippen molar-refractivity contribution in [2.75, 3.05) is 0 Å². The van der Waals surface area contributed by atoms with Crippen molar-refractivity contribution in [3.63, 3.8) is 0 Å². The van der Waals surface area contributed by atoms with Crippen LogP contribution in [0.4, 0.5) is 0 Å². The molecule has 2 atom stereocenters. The summed E-state index contributed by atoms with van der Waals surface area (Å²) < 4.78 is 0. The first-order valence-electron chi connectivity index (χ1n) is 8.74. The Kier molecular flexibility index (Phi) is 3.98. The number of rotatable bonds is 4. The molecule has 118 valence electrons. The lowest BCUT2D eigenvalue weighted by Gasteiger charge is -2.52. The topological polar surface area (TPSA) is 49.4 Å². The highest BCUT2D eigenvalue weighted by Gasteiger charge is 2.56. The first-order chi connectivity index (χ1) is 10.1. The summed E-state index contributed by atoms with van der Waals surface area (Å²) >= 11 is 0. The predicted molar refractivity (Wildman–Crippen MR) is 81.7 cm³/mol. The zero-order chi connectivity index (χ0) is 15.0. The van der Waals surface area contributed by atoms with Gasteiger partial charge in [0.15, 0.2) is 0 Å². The Hall–Kier alpha value is -1.06. The van der Waals surface area contributed by atoms with Gasteiger partial charge in [-0.25, -0.2) is 0 Å². The third-order valence-corrected chi connectivity index (χ3v) is 5.60. The van der Waals surface area contributed by atoms with Gasteiger partial charge in [0, 0.05) is 6.04 Å². The van der Waals surface area contributed by atoms with Gasteiger partial charge in [-0.2, -0.15) is 0 Å². The lowest BCUT2D eigenvalue weighted by Crippen LogP contribution is -2.73. The number of carbonyl (C=O) groups excluding carboxylic acids is 2. The number of nitrogens with one attached hydrogen (secondary N) is 1. The molecule has 1 aliphatic heterocycles. The van der Waals surface area contributed by atoms with E-state index in [-0.39, 0.29) is 23.9 Å². The van der Waals surface area contributed by atoms with Gasteiger partial charge in [-0.3, -0.25) is 9.59 Å². The van der Waals surface area contributed by atoms with Crippen molar-refractivity contribution in [3.8, 4) is 0 Å². The molecule has 0 bridgehead atoms. The van der Waals surface area contributed by atoms with E-state index in [1.165, 1.54) is 6.42 Å². The van der Waals surface area contributed by atoms with Crippen LogP contribution in [-0.2, 0) is 9.59 Å². The SMILES string of the molecule is CCCC(C)N1C(=O)C(C2CC2)NC(=O)C12CCCCC2. The predicted octanol–water partition coefficient (Wildman–Crippen LogP) is 2.61. The van der Waals surface area contributed by atoms with Crippen LogP contribution in [0.15, 0.2) is 0 Å². The Labute approximate surface area is 127 Å². The molecule has 2 aliphatic carbocycles. The summed E-state index contributed by atoms with van der Waals surface area (Å²) in [4.78, 5) is 27.9. The first-order valence-corrected chi connectivity index (χ1v) is 8.74. The normalized spacial score (nSPS) is 30.4. The van der Waals surface area contributed by atoms with Crippen LogP contribution in [0.1, 0.15) is 71.6 Å². The Morgan fingerprint density at radius 1 is 1.24 bits per heavy atom. The fourth-order valence-electron chi connectivity index (χ4n) is 4.35. The van der Waals surface area contributed by atoms with Crippen molar-refractivity contribution in [1.82, 2.24) is 10.2 Å². The van der Waals surface area contributed by atoms with Crippen LogP contribution in [0, 0.1) is 5.92 Å². The molecule has 4 heteroatoms. The third-order valence-electron chi connectivity index (χ3n) is 5.60. The highest BCUT2D eigenvalue weighted by Crippen LogP contribution is 2.42. The van der Waals surface area contributed by atoms with Gasteiger partial charge < -0.3 is 10.2 Å². The summed E-state index contributed by atoms with van der Waals surface area (Å²) in [6.45, 7) is 4.28. The molecule has 0 aromatic rings. The molecule has 3 rings (SSSR count). The molecule has 2 amide bonds. The Morgan fingerprint density at radius 2 is 1.90 bits per heavy atom. The van der Waals surface area contributed by atoms with Crippen molar-refractivity contribution in [2.45, 2.75) is 89.3 Å². The highest BCUT2D eigenvalue weighted by atomic mass is 16.2. The van der Waals surface area contributed by atoms with E-state index in [0.717, 1.165) is 51.4 Å². The Morgan fingerprint density at radius 3 is 2.48 bits per heavy atom. The molecule has 4 nitrogen and oxygen atoms in total. The molecular formula is C17H28N2O2. The minimum atomic E-state index is -0.546. The lowest BCUT2D eigenvalue weighted by atomic mass is 9.76. The van der Waals surface area contributed by atoms with Gasteiger partial charge in [-0.15, -0.1) is 0 Å². The van der Waals surface area contributed by atoms with Crippen LogP contribution in [-0.4, -0.2) is 34.3 Å². The van der Waals surface area contributed by atoms with Gasteiger partial charge >= 0.3 is 0 Å². The number of hydrogen-bond donors (Lipinski definition) is 1. The van der Waals surface area contributed by atoms with Crippen molar-refractivity contribution in [2.24, 2.45) is 5.92 Å². The number of amides is 2. The molecular weight excluding hydrogens is 264 g/mol. The van der Waals surface area contributed by atoms with E-state index in [1.54, 1.807) is 0 Å². The van der Waals surface area contributed by atoms with E-state index in [1.807, 2.05) is 4.90 Å². The molecule has 21 heavy (non-hydrogen) atoms. The van der Waals surface area contributed by atoms with Gasteiger partial charge in [-0.05, 0) is 44.9 Å². The van der Waals surface area contributed by atoms with E-state index < -0.39 is 5.54 Å². The van der Waals surface area contributed by atoms with E-state index in [4.69, 9.17) is 0 Å². The maximum Gasteiger partial charge on any atom is 0.246 e. The Balaban J connectivity index is 1.92. The summed E-state index contributed by atoms with van der Waals surface area (Å²) in [5.41, 5.74) is -0.546. The molecule has 0 aromatic carbocycles. The van der Waals surface area contributed by atoms with Crippen LogP contribution in [0.5, 0.6) is 0 Å². The van der Waals surface area contributed by atoms with Crippen molar-refractivity contribution >= 4 is 11.8 Å². The monoisotopic (exact) mass is 292 g/mol. The fraction of sp³-hybridized carbons (Fsp3) is 0.882. The first kappa shape index (κ1) is 14.9. The quantitative estimate of drug-likeness (QED) is 0.866. The molecule has 0 aromatic heterocycles. The second-order valence-corrected chi connectivity index (χ2v) is 7.23. The van der Waals surface area contributed by atoms with Crippen LogP contribution in [0.25, 0.3) is 0 Å². The molecule has 1 heterocycles. The van der Waals surface area contributed by atoms with Gasteiger partial charge in [0.2, 0.25) is 11.8 Å². The summed E-state index contributed by atoms with van der Waals surface area (Å²) in [5, 5.41) is 3.09. The number of nitrogens with zero attached hydrogens (tertiary/aromatic N) is 1. The zero-order valence-corrected chi connectivity index (χ0v) is 13.4. The fourth-order valence-corrected chi connectivity index (χ4v) is 4.35. The summed E-state index contributed by atoms with van der Waals surface area (Å²) in [5.74, 6) is 0.709.